The molecule has 1 heterocycles. The lowest BCUT2D eigenvalue weighted by atomic mass is 10.2. The second-order valence-corrected chi connectivity index (χ2v) is 4.09. The van der Waals surface area contributed by atoms with Gasteiger partial charge in [0.25, 0.3) is 0 Å². The van der Waals surface area contributed by atoms with Crippen molar-refractivity contribution in [3.63, 3.8) is 0 Å². The quantitative estimate of drug-likeness (QED) is 0.657. The highest BCUT2D eigenvalue weighted by molar-refractivity contribution is 7.13. The highest BCUT2D eigenvalue weighted by atomic mass is 35.5. The summed E-state index contributed by atoms with van der Waals surface area (Å²) in [5.74, 6) is 0. The molecule has 0 spiro atoms. The average Bonchev–Trinajstić information content (AvgIpc) is 2.74. The molecule has 0 saturated heterocycles. The Labute approximate surface area is 96.4 Å². The average molecular weight is 238 g/mol. The molecule has 0 aliphatic rings. The summed E-state index contributed by atoms with van der Waals surface area (Å²) < 4.78 is 0. The maximum atomic E-state index is 5.76. The van der Waals surface area contributed by atoms with E-state index in [2.05, 4.69) is 15.5 Å². The molecule has 0 amide bonds. The Morgan fingerprint density at radius 2 is 2.13 bits per heavy atom. The summed E-state index contributed by atoms with van der Waals surface area (Å²) in [4.78, 5) is 4.03. The van der Waals surface area contributed by atoms with Crippen molar-refractivity contribution in [3.05, 3.63) is 46.4 Å². The summed E-state index contributed by atoms with van der Waals surface area (Å²) in [6.07, 6.45) is 3.45. The van der Waals surface area contributed by atoms with Crippen LogP contribution in [0.5, 0.6) is 0 Å². The van der Waals surface area contributed by atoms with Crippen molar-refractivity contribution in [1.29, 1.82) is 0 Å². The van der Waals surface area contributed by atoms with Crippen LogP contribution < -0.4 is 5.43 Å². The molecule has 1 aromatic heterocycles. The third-order valence-electron chi connectivity index (χ3n) is 1.68. The van der Waals surface area contributed by atoms with E-state index in [1.54, 1.807) is 12.4 Å². The highest BCUT2D eigenvalue weighted by Gasteiger charge is 1.90. The van der Waals surface area contributed by atoms with Gasteiger partial charge in [-0.05, 0) is 17.7 Å². The van der Waals surface area contributed by atoms with Crippen molar-refractivity contribution in [2.75, 3.05) is 5.43 Å². The summed E-state index contributed by atoms with van der Waals surface area (Å²) in [6.45, 7) is 0. The molecule has 0 radical (unpaired) electrons. The normalized spacial score (nSPS) is 10.7. The summed E-state index contributed by atoms with van der Waals surface area (Å²) in [6, 6.07) is 7.45. The largest absolute Gasteiger partial charge is 0.253 e. The van der Waals surface area contributed by atoms with Crippen LogP contribution >= 0.6 is 22.9 Å². The van der Waals surface area contributed by atoms with E-state index >= 15 is 0 Å². The molecular formula is C10H8ClN3S. The van der Waals surface area contributed by atoms with Gasteiger partial charge in [-0.15, -0.1) is 11.3 Å². The molecule has 0 fully saturated rings. The number of nitrogens with zero attached hydrogens (tertiary/aromatic N) is 2. The van der Waals surface area contributed by atoms with Crippen LogP contribution in [0.15, 0.2) is 40.9 Å². The van der Waals surface area contributed by atoms with Crippen molar-refractivity contribution in [3.8, 4) is 0 Å². The molecule has 2 rings (SSSR count). The van der Waals surface area contributed by atoms with Gasteiger partial charge in [0.1, 0.15) is 0 Å². The van der Waals surface area contributed by atoms with E-state index in [4.69, 9.17) is 11.6 Å². The predicted molar refractivity (Wildman–Crippen MR) is 64.8 cm³/mol. The van der Waals surface area contributed by atoms with E-state index in [1.807, 2.05) is 29.6 Å². The molecule has 15 heavy (non-hydrogen) atoms. The fourth-order valence-corrected chi connectivity index (χ4v) is 1.59. The topological polar surface area (TPSA) is 37.3 Å². The van der Waals surface area contributed by atoms with Crippen molar-refractivity contribution in [2.24, 2.45) is 5.10 Å². The standard InChI is InChI=1S/C10H8ClN3S/c11-9-3-1-8(2-4-9)7-13-14-10-12-5-6-15-10/h1-7H,(H,12,14)/b13-7-. The molecule has 0 unspecified atom stereocenters. The Morgan fingerprint density at radius 1 is 1.33 bits per heavy atom. The van der Waals surface area contributed by atoms with Crippen LogP contribution in [0, 0.1) is 0 Å². The lowest BCUT2D eigenvalue weighted by Crippen LogP contribution is -1.89. The van der Waals surface area contributed by atoms with Crippen molar-refractivity contribution < 1.29 is 0 Å². The number of hydrogen-bond donors (Lipinski definition) is 1. The number of thiazole rings is 1. The summed E-state index contributed by atoms with van der Waals surface area (Å²) in [5.41, 5.74) is 3.82. The van der Waals surface area contributed by atoms with E-state index in [0.717, 1.165) is 15.7 Å². The smallest absolute Gasteiger partial charge is 0.203 e. The number of aromatic nitrogens is 1. The Kier molecular flexibility index (Phi) is 3.32. The van der Waals surface area contributed by atoms with Gasteiger partial charge in [0.15, 0.2) is 0 Å². The number of hydrogen-bond acceptors (Lipinski definition) is 4. The zero-order chi connectivity index (χ0) is 10.5. The molecule has 1 aromatic carbocycles. The zero-order valence-electron chi connectivity index (χ0n) is 7.72. The number of benzene rings is 1. The third-order valence-corrected chi connectivity index (χ3v) is 2.61. The van der Waals surface area contributed by atoms with Gasteiger partial charge >= 0.3 is 0 Å². The predicted octanol–water partition coefficient (Wildman–Crippen LogP) is 3.24. The van der Waals surface area contributed by atoms with Crippen LogP contribution in [0.2, 0.25) is 5.02 Å². The van der Waals surface area contributed by atoms with Gasteiger partial charge in [-0.3, -0.25) is 5.43 Å². The van der Waals surface area contributed by atoms with E-state index in [1.165, 1.54) is 11.3 Å². The number of hydrazone groups is 1. The maximum Gasteiger partial charge on any atom is 0.203 e. The molecule has 0 atom stereocenters. The maximum absolute atomic E-state index is 5.76. The molecule has 0 bridgehead atoms. The summed E-state index contributed by atoms with van der Waals surface area (Å²) >= 11 is 7.26. The fraction of sp³-hybridized carbons (Fsp3) is 0. The van der Waals surface area contributed by atoms with Gasteiger partial charge in [0.2, 0.25) is 5.13 Å². The van der Waals surface area contributed by atoms with E-state index in [9.17, 15) is 0 Å². The second kappa shape index (κ2) is 4.91. The minimum Gasteiger partial charge on any atom is -0.253 e. The lowest BCUT2D eigenvalue weighted by molar-refractivity contribution is 1.29. The Balaban J connectivity index is 1.97. The Morgan fingerprint density at radius 3 is 2.80 bits per heavy atom. The van der Waals surface area contributed by atoms with Crippen LogP contribution in [0.1, 0.15) is 5.56 Å². The Bertz CT molecular complexity index is 436. The molecule has 0 saturated carbocycles. The van der Waals surface area contributed by atoms with E-state index < -0.39 is 0 Å². The van der Waals surface area contributed by atoms with Gasteiger partial charge in [0, 0.05) is 16.6 Å². The van der Waals surface area contributed by atoms with Gasteiger partial charge in [-0.2, -0.15) is 5.10 Å². The first kappa shape index (κ1) is 10.1. The van der Waals surface area contributed by atoms with Crippen LogP contribution in [0.4, 0.5) is 5.13 Å². The first-order valence-electron chi connectivity index (χ1n) is 4.29. The molecule has 1 N–H and O–H groups in total. The van der Waals surface area contributed by atoms with Crippen LogP contribution in [0.25, 0.3) is 0 Å². The molecule has 3 nitrogen and oxygen atoms in total. The van der Waals surface area contributed by atoms with Crippen LogP contribution in [0.3, 0.4) is 0 Å². The molecule has 0 aliphatic heterocycles. The van der Waals surface area contributed by atoms with Crippen LogP contribution in [-0.2, 0) is 0 Å². The monoisotopic (exact) mass is 237 g/mol. The van der Waals surface area contributed by atoms with Crippen molar-refractivity contribution in [2.45, 2.75) is 0 Å². The Hall–Kier alpha value is -1.39. The molecular weight excluding hydrogens is 230 g/mol. The fourth-order valence-electron chi connectivity index (χ4n) is 0.990. The minimum absolute atomic E-state index is 0.722. The lowest BCUT2D eigenvalue weighted by Gasteiger charge is -1.94. The molecule has 5 heteroatoms. The second-order valence-electron chi connectivity index (χ2n) is 2.76. The van der Waals surface area contributed by atoms with Crippen molar-refractivity contribution in [1.82, 2.24) is 4.98 Å². The van der Waals surface area contributed by atoms with Gasteiger partial charge < -0.3 is 0 Å². The molecule has 0 aliphatic carbocycles. The minimum atomic E-state index is 0.722. The number of rotatable bonds is 3. The first-order chi connectivity index (χ1) is 7.34. The number of anilines is 1. The first-order valence-corrected chi connectivity index (χ1v) is 5.54. The van der Waals surface area contributed by atoms with Gasteiger partial charge in [-0.1, -0.05) is 23.7 Å². The SMILES string of the molecule is Clc1ccc(/C=N\Nc2nccs2)cc1. The number of halogens is 1. The molecule has 76 valence electrons. The van der Waals surface area contributed by atoms with Crippen LogP contribution in [-0.4, -0.2) is 11.2 Å². The number of nitrogens with one attached hydrogen (secondary N) is 1. The summed E-state index contributed by atoms with van der Waals surface area (Å²) in [7, 11) is 0. The third kappa shape index (κ3) is 3.04. The van der Waals surface area contributed by atoms with E-state index in [-0.39, 0.29) is 0 Å². The summed E-state index contributed by atoms with van der Waals surface area (Å²) in [5, 5.41) is 7.43. The molecule has 2 aromatic rings. The highest BCUT2D eigenvalue weighted by Crippen LogP contribution is 2.10. The van der Waals surface area contributed by atoms with E-state index in [0.29, 0.717) is 0 Å². The van der Waals surface area contributed by atoms with Crippen molar-refractivity contribution >= 4 is 34.3 Å². The zero-order valence-corrected chi connectivity index (χ0v) is 9.29. The van der Waals surface area contributed by atoms with Gasteiger partial charge in [0.05, 0.1) is 6.21 Å². The van der Waals surface area contributed by atoms with Gasteiger partial charge in [-0.25, -0.2) is 4.98 Å².